The standard InChI is InChI=1S/C16H23NO/c1-11-8-12(2)10-17(9-11)16(18)15-7-5-6-13(3)14(15)4/h5-7,11-12H,8-10H2,1-4H3. The summed E-state index contributed by atoms with van der Waals surface area (Å²) in [6, 6.07) is 5.99. The van der Waals surface area contributed by atoms with E-state index in [4.69, 9.17) is 0 Å². The van der Waals surface area contributed by atoms with Crippen LogP contribution in [0.25, 0.3) is 0 Å². The van der Waals surface area contributed by atoms with E-state index < -0.39 is 0 Å². The molecule has 18 heavy (non-hydrogen) atoms. The first-order valence-corrected chi connectivity index (χ1v) is 6.84. The number of carbonyl (C=O) groups excluding carboxylic acids is 1. The van der Waals surface area contributed by atoms with Crippen LogP contribution in [0, 0.1) is 25.7 Å². The summed E-state index contributed by atoms with van der Waals surface area (Å²) in [5.41, 5.74) is 3.18. The van der Waals surface area contributed by atoms with E-state index in [9.17, 15) is 4.79 Å². The second-order valence-electron chi connectivity index (χ2n) is 5.90. The number of nitrogens with zero attached hydrogens (tertiary/aromatic N) is 1. The molecule has 1 aromatic rings. The molecule has 2 atom stereocenters. The molecule has 1 amide bonds. The first kappa shape index (κ1) is 13.1. The Balaban J connectivity index is 2.23. The van der Waals surface area contributed by atoms with Crippen molar-refractivity contribution in [2.75, 3.05) is 13.1 Å². The Bertz CT molecular complexity index is 442. The molecular weight excluding hydrogens is 222 g/mol. The van der Waals surface area contributed by atoms with Crippen molar-refractivity contribution in [2.24, 2.45) is 11.8 Å². The monoisotopic (exact) mass is 245 g/mol. The van der Waals surface area contributed by atoms with Crippen LogP contribution in [0.2, 0.25) is 0 Å². The summed E-state index contributed by atoms with van der Waals surface area (Å²) in [6.45, 7) is 10.4. The fourth-order valence-electron chi connectivity index (χ4n) is 2.98. The average Bonchev–Trinajstić information content (AvgIpc) is 2.30. The first-order chi connectivity index (χ1) is 8.49. The summed E-state index contributed by atoms with van der Waals surface area (Å²) in [5.74, 6) is 1.43. The highest BCUT2D eigenvalue weighted by atomic mass is 16.2. The molecule has 0 bridgehead atoms. The molecule has 1 saturated heterocycles. The van der Waals surface area contributed by atoms with E-state index in [-0.39, 0.29) is 5.91 Å². The lowest BCUT2D eigenvalue weighted by Gasteiger charge is -2.35. The van der Waals surface area contributed by atoms with Gasteiger partial charge in [-0.1, -0.05) is 26.0 Å². The SMILES string of the molecule is Cc1cccc(C(=O)N2CC(C)CC(C)C2)c1C. The lowest BCUT2D eigenvalue weighted by molar-refractivity contribution is 0.0622. The average molecular weight is 245 g/mol. The molecule has 0 aromatic heterocycles. The van der Waals surface area contributed by atoms with Crippen LogP contribution in [0.4, 0.5) is 0 Å². The largest absolute Gasteiger partial charge is 0.338 e. The van der Waals surface area contributed by atoms with Gasteiger partial charge in [0, 0.05) is 18.7 Å². The highest BCUT2D eigenvalue weighted by Gasteiger charge is 2.26. The van der Waals surface area contributed by atoms with Gasteiger partial charge in [0.25, 0.3) is 5.91 Å². The molecule has 2 unspecified atom stereocenters. The Kier molecular flexibility index (Phi) is 3.74. The number of amides is 1. The predicted octanol–water partition coefficient (Wildman–Crippen LogP) is 3.42. The van der Waals surface area contributed by atoms with Crippen molar-refractivity contribution in [3.8, 4) is 0 Å². The van der Waals surface area contributed by atoms with Crippen LogP contribution < -0.4 is 0 Å². The number of likely N-dealkylation sites (tertiary alicyclic amines) is 1. The molecule has 0 radical (unpaired) electrons. The molecule has 1 aliphatic heterocycles. The van der Waals surface area contributed by atoms with E-state index in [0.29, 0.717) is 11.8 Å². The van der Waals surface area contributed by atoms with Gasteiger partial charge in [-0.15, -0.1) is 0 Å². The van der Waals surface area contributed by atoms with Crippen molar-refractivity contribution >= 4 is 5.91 Å². The molecule has 1 fully saturated rings. The third-order valence-corrected chi connectivity index (χ3v) is 3.99. The van der Waals surface area contributed by atoms with Crippen molar-refractivity contribution in [3.05, 3.63) is 34.9 Å². The summed E-state index contributed by atoms with van der Waals surface area (Å²) in [5, 5.41) is 0. The topological polar surface area (TPSA) is 20.3 Å². The van der Waals surface area contributed by atoms with Gasteiger partial charge in [0.05, 0.1) is 0 Å². The van der Waals surface area contributed by atoms with Gasteiger partial charge >= 0.3 is 0 Å². The Hall–Kier alpha value is -1.31. The van der Waals surface area contributed by atoms with Crippen molar-refractivity contribution in [2.45, 2.75) is 34.1 Å². The van der Waals surface area contributed by atoms with Crippen LogP contribution >= 0.6 is 0 Å². The van der Waals surface area contributed by atoms with Gasteiger partial charge in [-0.05, 0) is 49.3 Å². The van der Waals surface area contributed by atoms with Gasteiger partial charge in [-0.25, -0.2) is 0 Å². The Morgan fingerprint density at radius 2 is 1.78 bits per heavy atom. The maximum absolute atomic E-state index is 12.6. The van der Waals surface area contributed by atoms with Crippen LogP contribution in [0.1, 0.15) is 41.8 Å². The lowest BCUT2D eigenvalue weighted by atomic mass is 9.91. The maximum atomic E-state index is 12.6. The van der Waals surface area contributed by atoms with Crippen LogP contribution in [-0.4, -0.2) is 23.9 Å². The van der Waals surface area contributed by atoms with Crippen molar-refractivity contribution in [1.82, 2.24) is 4.90 Å². The minimum absolute atomic E-state index is 0.203. The first-order valence-electron chi connectivity index (χ1n) is 6.84. The van der Waals surface area contributed by atoms with E-state index in [0.717, 1.165) is 24.2 Å². The molecule has 2 rings (SSSR count). The van der Waals surface area contributed by atoms with Gasteiger partial charge in [0.1, 0.15) is 0 Å². The second kappa shape index (κ2) is 5.13. The highest BCUT2D eigenvalue weighted by Crippen LogP contribution is 2.23. The molecule has 1 aliphatic rings. The summed E-state index contributed by atoms with van der Waals surface area (Å²) in [6.07, 6.45) is 1.23. The van der Waals surface area contributed by atoms with Gasteiger partial charge in [0.15, 0.2) is 0 Å². The van der Waals surface area contributed by atoms with E-state index in [2.05, 4.69) is 26.8 Å². The number of hydrogen-bond acceptors (Lipinski definition) is 1. The van der Waals surface area contributed by atoms with Gasteiger partial charge in [-0.3, -0.25) is 4.79 Å². The third kappa shape index (κ3) is 2.58. The van der Waals surface area contributed by atoms with E-state index in [1.54, 1.807) is 0 Å². The molecule has 2 heteroatoms. The number of carbonyl (C=O) groups is 1. The maximum Gasteiger partial charge on any atom is 0.254 e. The number of aryl methyl sites for hydroxylation is 1. The van der Waals surface area contributed by atoms with Crippen LogP contribution in [-0.2, 0) is 0 Å². The Morgan fingerprint density at radius 3 is 2.39 bits per heavy atom. The molecule has 1 aromatic carbocycles. The Morgan fingerprint density at radius 1 is 1.17 bits per heavy atom. The van der Waals surface area contributed by atoms with E-state index >= 15 is 0 Å². The van der Waals surface area contributed by atoms with Gasteiger partial charge < -0.3 is 4.90 Å². The Labute approximate surface area is 110 Å². The molecule has 0 saturated carbocycles. The van der Waals surface area contributed by atoms with Crippen LogP contribution in [0.5, 0.6) is 0 Å². The zero-order chi connectivity index (χ0) is 13.3. The summed E-state index contributed by atoms with van der Waals surface area (Å²) in [4.78, 5) is 14.6. The predicted molar refractivity (Wildman–Crippen MR) is 74.8 cm³/mol. The summed E-state index contributed by atoms with van der Waals surface area (Å²) < 4.78 is 0. The molecule has 2 nitrogen and oxygen atoms in total. The summed E-state index contributed by atoms with van der Waals surface area (Å²) in [7, 11) is 0. The third-order valence-electron chi connectivity index (χ3n) is 3.99. The summed E-state index contributed by atoms with van der Waals surface area (Å²) >= 11 is 0. The zero-order valence-electron chi connectivity index (χ0n) is 11.9. The van der Waals surface area contributed by atoms with E-state index in [1.165, 1.54) is 12.0 Å². The molecule has 0 spiro atoms. The van der Waals surface area contributed by atoms with Crippen LogP contribution in [0.3, 0.4) is 0 Å². The minimum atomic E-state index is 0.203. The molecule has 0 aliphatic carbocycles. The fraction of sp³-hybridized carbons (Fsp3) is 0.562. The smallest absolute Gasteiger partial charge is 0.254 e. The number of hydrogen-bond donors (Lipinski definition) is 0. The van der Waals surface area contributed by atoms with Gasteiger partial charge in [0.2, 0.25) is 0 Å². The van der Waals surface area contributed by atoms with Crippen LogP contribution in [0.15, 0.2) is 18.2 Å². The normalized spacial score (nSPS) is 24.1. The van der Waals surface area contributed by atoms with Crippen molar-refractivity contribution in [3.63, 3.8) is 0 Å². The molecule has 98 valence electrons. The quantitative estimate of drug-likeness (QED) is 0.742. The zero-order valence-corrected chi connectivity index (χ0v) is 11.9. The van der Waals surface area contributed by atoms with E-state index in [1.807, 2.05) is 24.0 Å². The highest BCUT2D eigenvalue weighted by molar-refractivity contribution is 5.96. The lowest BCUT2D eigenvalue weighted by Crippen LogP contribution is -2.42. The van der Waals surface area contributed by atoms with Gasteiger partial charge in [-0.2, -0.15) is 0 Å². The van der Waals surface area contributed by atoms with Crippen molar-refractivity contribution < 1.29 is 4.79 Å². The number of piperidine rings is 1. The second-order valence-corrected chi connectivity index (χ2v) is 5.90. The number of rotatable bonds is 1. The van der Waals surface area contributed by atoms with Crippen molar-refractivity contribution in [1.29, 1.82) is 0 Å². The fourth-order valence-corrected chi connectivity index (χ4v) is 2.98. The number of benzene rings is 1. The molecule has 0 N–H and O–H groups in total. The molecular formula is C16H23NO. The molecule has 1 heterocycles. The minimum Gasteiger partial charge on any atom is -0.338 e.